The summed E-state index contributed by atoms with van der Waals surface area (Å²) in [6.07, 6.45) is 5.08. The van der Waals surface area contributed by atoms with Crippen LogP contribution in [0.3, 0.4) is 0 Å². The Hall–Kier alpha value is -2.04. The molecule has 0 amide bonds. The van der Waals surface area contributed by atoms with Crippen molar-refractivity contribution in [3.05, 3.63) is 30.1 Å². The summed E-state index contributed by atoms with van der Waals surface area (Å²) >= 11 is 0. The van der Waals surface area contributed by atoms with Gasteiger partial charge in [-0.25, -0.2) is 9.78 Å². The third kappa shape index (κ3) is 2.37. The molecule has 5 nitrogen and oxygen atoms in total. The van der Waals surface area contributed by atoms with Crippen molar-refractivity contribution < 1.29 is 9.90 Å². The van der Waals surface area contributed by atoms with E-state index in [1.807, 2.05) is 18.2 Å². The number of hydrogen-bond acceptors (Lipinski definition) is 3. The van der Waals surface area contributed by atoms with Gasteiger partial charge in [0.2, 0.25) is 0 Å². The third-order valence-electron chi connectivity index (χ3n) is 4.84. The van der Waals surface area contributed by atoms with Crippen molar-refractivity contribution in [1.29, 1.82) is 0 Å². The topological polar surface area (TPSA) is 57.8 Å². The SMILES string of the molecule is CCC1(C)CCN(c2nc3ccccn3c2C(=O)O)CC1. The van der Waals surface area contributed by atoms with Crippen molar-refractivity contribution in [2.45, 2.75) is 33.1 Å². The molecule has 1 aliphatic rings. The van der Waals surface area contributed by atoms with Gasteiger partial charge in [-0.1, -0.05) is 26.3 Å². The second kappa shape index (κ2) is 5.06. The molecule has 0 bridgehead atoms. The van der Waals surface area contributed by atoms with Crippen molar-refractivity contribution in [1.82, 2.24) is 9.38 Å². The maximum Gasteiger partial charge on any atom is 0.356 e. The monoisotopic (exact) mass is 287 g/mol. The molecule has 0 aliphatic carbocycles. The van der Waals surface area contributed by atoms with Gasteiger partial charge in [0.1, 0.15) is 5.65 Å². The normalized spacial score (nSPS) is 18.1. The van der Waals surface area contributed by atoms with Gasteiger partial charge in [-0.05, 0) is 30.4 Å². The average Bonchev–Trinajstić information content (AvgIpc) is 2.87. The molecule has 3 heterocycles. The number of aromatic nitrogens is 2. The number of anilines is 1. The summed E-state index contributed by atoms with van der Waals surface area (Å²) in [7, 11) is 0. The number of carboxylic acid groups (broad SMARTS) is 1. The number of pyridine rings is 1. The fourth-order valence-electron chi connectivity index (χ4n) is 3.01. The second-order valence-corrected chi connectivity index (χ2v) is 6.17. The van der Waals surface area contributed by atoms with E-state index in [9.17, 15) is 9.90 Å². The minimum absolute atomic E-state index is 0.269. The van der Waals surface area contributed by atoms with E-state index in [2.05, 4.69) is 23.7 Å². The minimum atomic E-state index is -0.924. The Labute approximate surface area is 124 Å². The Morgan fingerprint density at radius 2 is 2.10 bits per heavy atom. The van der Waals surface area contributed by atoms with E-state index in [1.165, 1.54) is 0 Å². The molecule has 21 heavy (non-hydrogen) atoms. The zero-order valence-corrected chi connectivity index (χ0v) is 12.5. The molecule has 0 unspecified atom stereocenters. The first kappa shape index (κ1) is 13.9. The van der Waals surface area contributed by atoms with Crippen molar-refractivity contribution in [3.8, 4) is 0 Å². The number of imidazole rings is 1. The van der Waals surface area contributed by atoms with Gasteiger partial charge in [-0.15, -0.1) is 0 Å². The number of aromatic carboxylic acids is 1. The largest absolute Gasteiger partial charge is 0.476 e. The number of carbonyl (C=O) groups is 1. The van der Waals surface area contributed by atoms with Crippen LogP contribution in [-0.4, -0.2) is 33.6 Å². The third-order valence-corrected chi connectivity index (χ3v) is 4.84. The van der Waals surface area contributed by atoms with Crippen LogP contribution in [-0.2, 0) is 0 Å². The molecule has 112 valence electrons. The molecular weight excluding hydrogens is 266 g/mol. The van der Waals surface area contributed by atoms with Gasteiger partial charge in [0.15, 0.2) is 11.5 Å². The molecule has 0 aromatic carbocycles. The van der Waals surface area contributed by atoms with E-state index in [0.29, 0.717) is 16.9 Å². The number of hydrogen-bond donors (Lipinski definition) is 1. The summed E-state index contributed by atoms with van der Waals surface area (Å²) in [6.45, 7) is 6.28. The van der Waals surface area contributed by atoms with E-state index in [1.54, 1.807) is 10.6 Å². The Bertz CT molecular complexity index is 669. The van der Waals surface area contributed by atoms with Crippen LogP contribution >= 0.6 is 0 Å². The summed E-state index contributed by atoms with van der Waals surface area (Å²) in [4.78, 5) is 18.3. The number of fused-ring (bicyclic) bond motifs is 1. The highest BCUT2D eigenvalue weighted by Gasteiger charge is 2.31. The summed E-state index contributed by atoms with van der Waals surface area (Å²) in [5.41, 5.74) is 1.33. The van der Waals surface area contributed by atoms with Gasteiger partial charge in [0.05, 0.1) is 0 Å². The van der Waals surface area contributed by atoms with Gasteiger partial charge in [-0.3, -0.25) is 4.40 Å². The number of rotatable bonds is 3. The van der Waals surface area contributed by atoms with Crippen LogP contribution in [0.15, 0.2) is 24.4 Å². The van der Waals surface area contributed by atoms with Crippen LogP contribution < -0.4 is 4.90 Å². The first-order chi connectivity index (χ1) is 10.0. The molecule has 1 aliphatic heterocycles. The number of carboxylic acids is 1. The van der Waals surface area contributed by atoms with Crippen LogP contribution in [0.4, 0.5) is 5.82 Å². The van der Waals surface area contributed by atoms with Crippen molar-refractivity contribution in [2.75, 3.05) is 18.0 Å². The first-order valence-electron chi connectivity index (χ1n) is 7.49. The Morgan fingerprint density at radius 1 is 1.38 bits per heavy atom. The van der Waals surface area contributed by atoms with Crippen molar-refractivity contribution in [2.24, 2.45) is 5.41 Å². The van der Waals surface area contributed by atoms with Crippen molar-refractivity contribution >= 4 is 17.4 Å². The van der Waals surface area contributed by atoms with Gasteiger partial charge in [0.25, 0.3) is 0 Å². The molecule has 0 spiro atoms. The Kier molecular flexibility index (Phi) is 3.35. The molecule has 0 radical (unpaired) electrons. The zero-order valence-electron chi connectivity index (χ0n) is 12.5. The standard InChI is InChI=1S/C16H21N3O2/c1-3-16(2)7-10-18(11-8-16)14-13(15(20)21)19-9-5-4-6-12(19)17-14/h4-6,9H,3,7-8,10-11H2,1-2H3,(H,20,21). The van der Waals surface area contributed by atoms with Crippen LogP contribution in [0.25, 0.3) is 5.65 Å². The maximum atomic E-state index is 11.6. The minimum Gasteiger partial charge on any atom is -0.476 e. The zero-order chi connectivity index (χ0) is 15.0. The van der Waals surface area contributed by atoms with E-state index in [-0.39, 0.29) is 5.69 Å². The number of piperidine rings is 1. The van der Waals surface area contributed by atoms with Crippen molar-refractivity contribution in [3.63, 3.8) is 0 Å². The molecule has 1 N–H and O–H groups in total. The molecule has 2 aromatic heterocycles. The number of nitrogens with zero attached hydrogens (tertiary/aromatic N) is 3. The summed E-state index contributed by atoms with van der Waals surface area (Å²) in [5, 5.41) is 9.54. The van der Waals surface area contributed by atoms with Crippen LogP contribution in [0.2, 0.25) is 0 Å². The molecular formula is C16H21N3O2. The van der Waals surface area contributed by atoms with E-state index < -0.39 is 5.97 Å². The Balaban J connectivity index is 1.98. The average molecular weight is 287 g/mol. The highest BCUT2D eigenvalue weighted by atomic mass is 16.4. The fourth-order valence-corrected chi connectivity index (χ4v) is 3.01. The highest BCUT2D eigenvalue weighted by molar-refractivity contribution is 5.93. The highest BCUT2D eigenvalue weighted by Crippen LogP contribution is 2.36. The first-order valence-corrected chi connectivity index (χ1v) is 7.49. The van der Waals surface area contributed by atoms with E-state index >= 15 is 0 Å². The van der Waals surface area contributed by atoms with Gasteiger partial charge >= 0.3 is 5.97 Å². The predicted octanol–water partition coefficient (Wildman–Crippen LogP) is 3.05. The Morgan fingerprint density at radius 3 is 2.71 bits per heavy atom. The molecule has 3 rings (SSSR count). The smallest absolute Gasteiger partial charge is 0.356 e. The quantitative estimate of drug-likeness (QED) is 0.942. The van der Waals surface area contributed by atoms with Gasteiger partial charge < -0.3 is 10.0 Å². The summed E-state index contributed by atoms with van der Waals surface area (Å²) < 4.78 is 1.66. The lowest BCUT2D eigenvalue weighted by atomic mass is 9.78. The van der Waals surface area contributed by atoms with E-state index in [0.717, 1.165) is 32.4 Å². The molecule has 1 saturated heterocycles. The van der Waals surface area contributed by atoms with Gasteiger partial charge in [-0.2, -0.15) is 0 Å². The van der Waals surface area contributed by atoms with E-state index in [4.69, 9.17) is 0 Å². The summed E-state index contributed by atoms with van der Waals surface area (Å²) in [5.74, 6) is -0.320. The lowest BCUT2D eigenvalue weighted by Gasteiger charge is -2.39. The lowest BCUT2D eigenvalue weighted by Crippen LogP contribution is -2.39. The summed E-state index contributed by atoms with van der Waals surface area (Å²) in [6, 6.07) is 5.55. The van der Waals surface area contributed by atoms with Crippen LogP contribution in [0.1, 0.15) is 43.6 Å². The molecule has 0 saturated carbocycles. The molecule has 1 fully saturated rings. The second-order valence-electron chi connectivity index (χ2n) is 6.17. The van der Waals surface area contributed by atoms with Crippen LogP contribution in [0, 0.1) is 5.41 Å². The molecule has 2 aromatic rings. The lowest BCUT2D eigenvalue weighted by molar-refractivity contribution is 0.0690. The molecule has 0 atom stereocenters. The predicted molar refractivity (Wildman–Crippen MR) is 82.0 cm³/mol. The van der Waals surface area contributed by atoms with Gasteiger partial charge in [0, 0.05) is 19.3 Å². The fraction of sp³-hybridized carbons (Fsp3) is 0.500. The molecule has 5 heteroatoms. The van der Waals surface area contributed by atoms with Crippen LogP contribution in [0.5, 0.6) is 0 Å². The maximum absolute atomic E-state index is 11.6.